The number of nitrogens with zero attached hydrogens (tertiary/aromatic N) is 3. The van der Waals surface area contributed by atoms with Crippen molar-refractivity contribution in [2.45, 2.75) is 12.5 Å². The summed E-state index contributed by atoms with van der Waals surface area (Å²) in [6.07, 6.45) is 3.74. The van der Waals surface area contributed by atoms with Crippen molar-refractivity contribution in [1.29, 1.82) is 0 Å². The molecule has 0 bridgehead atoms. The van der Waals surface area contributed by atoms with Gasteiger partial charge in [-0.15, -0.1) is 0 Å². The summed E-state index contributed by atoms with van der Waals surface area (Å²) in [6, 6.07) is 16.0. The summed E-state index contributed by atoms with van der Waals surface area (Å²) in [6.45, 7) is -0.161. The lowest BCUT2D eigenvalue weighted by Crippen LogP contribution is -2.31. The van der Waals surface area contributed by atoms with E-state index in [-0.39, 0.29) is 18.6 Å². The minimum absolute atomic E-state index is 0.161. The molecular formula is C20H16ClN3O3. The molecule has 7 heteroatoms. The molecule has 4 rings (SSSR count). The molecule has 0 N–H and O–H groups in total. The minimum Gasteiger partial charge on any atom is -0.467 e. The van der Waals surface area contributed by atoms with Crippen LogP contribution in [0.3, 0.4) is 0 Å². The molecule has 1 atom stereocenters. The highest BCUT2D eigenvalue weighted by Gasteiger charge is 2.35. The highest BCUT2D eigenvalue weighted by Crippen LogP contribution is 2.33. The van der Waals surface area contributed by atoms with Gasteiger partial charge in [-0.25, -0.2) is 9.99 Å². The number of amides is 1. The van der Waals surface area contributed by atoms with Gasteiger partial charge in [0, 0.05) is 23.7 Å². The van der Waals surface area contributed by atoms with Gasteiger partial charge in [0.25, 0.3) is 5.91 Å². The average molecular weight is 382 g/mol. The van der Waals surface area contributed by atoms with E-state index >= 15 is 0 Å². The summed E-state index contributed by atoms with van der Waals surface area (Å²) in [5, 5.41) is 6.61. The molecule has 0 radical (unpaired) electrons. The van der Waals surface area contributed by atoms with Crippen molar-refractivity contribution in [3.8, 4) is 5.88 Å². The van der Waals surface area contributed by atoms with E-state index in [0.717, 1.165) is 11.3 Å². The molecule has 1 aliphatic heterocycles. The maximum absolute atomic E-state index is 12.8. The first-order valence-corrected chi connectivity index (χ1v) is 8.81. The predicted molar refractivity (Wildman–Crippen MR) is 101 cm³/mol. The molecule has 1 aromatic carbocycles. The normalized spacial score (nSPS) is 16.3. The van der Waals surface area contributed by atoms with Crippen molar-refractivity contribution in [2.24, 2.45) is 5.10 Å². The second kappa shape index (κ2) is 7.63. The van der Waals surface area contributed by atoms with Crippen LogP contribution in [0.25, 0.3) is 0 Å². The van der Waals surface area contributed by atoms with Crippen LogP contribution >= 0.6 is 11.6 Å². The first kappa shape index (κ1) is 17.3. The maximum Gasteiger partial charge on any atom is 0.281 e. The highest BCUT2D eigenvalue weighted by molar-refractivity contribution is 6.30. The third kappa shape index (κ3) is 3.85. The first-order chi connectivity index (χ1) is 13.2. The van der Waals surface area contributed by atoms with E-state index in [9.17, 15) is 4.79 Å². The Bertz CT molecular complexity index is 940. The molecule has 1 unspecified atom stereocenters. The van der Waals surface area contributed by atoms with E-state index in [0.29, 0.717) is 23.1 Å². The van der Waals surface area contributed by atoms with E-state index in [4.69, 9.17) is 20.8 Å². The van der Waals surface area contributed by atoms with Crippen molar-refractivity contribution < 1.29 is 13.9 Å². The zero-order valence-electron chi connectivity index (χ0n) is 14.3. The number of hydrazone groups is 1. The van der Waals surface area contributed by atoms with Gasteiger partial charge in [-0.2, -0.15) is 5.10 Å². The van der Waals surface area contributed by atoms with Crippen molar-refractivity contribution in [3.63, 3.8) is 0 Å². The van der Waals surface area contributed by atoms with E-state index in [1.165, 1.54) is 5.01 Å². The second-order valence-electron chi connectivity index (χ2n) is 5.98. The monoisotopic (exact) mass is 381 g/mol. The van der Waals surface area contributed by atoms with Crippen LogP contribution in [-0.4, -0.2) is 28.2 Å². The van der Waals surface area contributed by atoms with Gasteiger partial charge in [0.1, 0.15) is 11.8 Å². The number of benzene rings is 1. The van der Waals surface area contributed by atoms with Crippen LogP contribution in [0.5, 0.6) is 5.88 Å². The summed E-state index contributed by atoms with van der Waals surface area (Å²) in [5.41, 5.74) is 1.70. The molecule has 0 aliphatic carbocycles. The lowest BCUT2D eigenvalue weighted by molar-refractivity contribution is -0.135. The Morgan fingerprint density at radius 3 is 2.74 bits per heavy atom. The number of hydrogen-bond donors (Lipinski definition) is 0. The molecule has 27 heavy (non-hydrogen) atoms. The number of carbonyl (C=O) groups excluding carboxylic acids is 1. The second-order valence-corrected chi connectivity index (χ2v) is 6.42. The Kier molecular flexibility index (Phi) is 4.89. The summed E-state index contributed by atoms with van der Waals surface area (Å²) in [5.74, 6) is 0.793. The molecule has 3 aromatic rings. The SMILES string of the molecule is O=C(COc1ccccn1)N1N=C(c2ccc(Cl)cc2)CC1c1ccco1. The van der Waals surface area contributed by atoms with E-state index < -0.39 is 0 Å². The molecule has 2 aromatic heterocycles. The smallest absolute Gasteiger partial charge is 0.281 e. The Balaban J connectivity index is 1.55. The summed E-state index contributed by atoms with van der Waals surface area (Å²) >= 11 is 5.96. The Hall–Kier alpha value is -3.12. The number of halogens is 1. The van der Waals surface area contributed by atoms with Gasteiger partial charge < -0.3 is 9.15 Å². The topological polar surface area (TPSA) is 67.9 Å². The van der Waals surface area contributed by atoms with E-state index in [2.05, 4.69) is 10.1 Å². The van der Waals surface area contributed by atoms with Crippen LogP contribution in [0, 0.1) is 0 Å². The van der Waals surface area contributed by atoms with Gasteiger partial charge in [-0.3, -0.25) is 4.79 Å². The van der Waals surface area contributed by atoms with Gasteiger partial charge in [-0.1, -0.05) is 29.8 Å². The van der Waals surface area contributed by atoms with Crippen molar-refractivity contribution in [2.75, 3.05) is 6.61 Å². The van der Waals surface area contributed by atoms with Crippen LogP contribution in [0.1, 0.15) is 23.8 Å². The molecule has 136 valence electrons. The number of hydrogen-bond acceptors (Lipinski definition) is 5. The largest absolute Gasteiger partial charge is 0.467 e. The Morgan fingerprint density at radius 1 is 1.19 bits per heavy atom. The van der Waals surface area contributed by atoms with E-state index in [1.54, 1.807) is 48.9 Å². The Labute approximate surface area is 161 Å². The molecule has 3 heterocycles. The van der Waals surface area contributed by atoms with Crippen LogP contribution in [0.2, 0.25) is 5.02 Å². The Morgan fingerprint density at radius 2 is 2.04 bits per heavy atom. The van der Waals surface area contributed by atoms with Crippen LogP contribution in [-0.2, 0) is 4.79 Å². The number of rotatable bonds is 5. The molecule has 0 saturated heterocycles. The zero-order chi connectivity index (χ0) is 18.6. The van der Waals surface area contributed by atoms with Crippen molar-refractivity contribution in [3.05, 3.63) is 83.4 Å². The molecule has 0 spiro atoms. The minimum atomic E-state index is -0.314. The molecule has 1 amide bonds. The summed E-state index contributed by atoms with van der Waals surface area (Å²) in [7, 11) is 0. The quantitative estimate of drug-likeness (QED) is 0.667. The fourth-order valence-corrected chi connectivity index (χ4v) is 3.02. The fraction of sp³-hybridized carbons (Fsp3) is 0.150. The van der Waals surface area contributed by atoms with Gasteiger partial charge in [0.15, 0.2) is 6.61 Å². The van der Waals surface area contributed by atoms with Crippen LogP contribution in [0.4, 0.5) is 0 Å². The van der Waals surface area contributed by atoms with Gasteiger partial charge in [0.05, 0.1) is 12.0 Å². The molecule has 0 saturated carbocycles. The lowest BCUT2D eigenvalue weighted by Gasteiger charge is -2.19. The van der Waals surface area contributed by atoms with Crippen LogP contribution in [0.15, 0.2) is 76.6 Å². The summed E-state index contributed by atoms with van der Waals surface area (Å²) < 4.78 is 11.0. The predicted octanol–water partition coefficient (Wildman–Crippen LogP) is 4.08. The number of pyridine rings is 1. The third-order valence-electron chi connectivity index (χ3n) is 4.20. The standard InChI is InChI=1S/C20H16ClN3O3/c21-15-8-6-14(7-9-15)16-12-17(18-4-3-11-26-18)24(23-16)20(25)13-27-19-5-1-2-10-22-19/h1-11,17H,12-13H2. The number of carbonyl (C=O) groups is 1. The lowest BCUT2D eigenvalue weighted by atomic mass is 10.0. The highest BCUT2D eigenvalue weighted by atomic mass is 35.5. The number of furan rings is 1. The van der Waals surface area contributed by atoms with Gasteiger partial charge in [0.2, 0.25) is 5.88 Å². The summed E-state index contributed by atoms with van der Waals surface area (Å²) in [4.78, 5) is 16.8. The average Bonchev–Trinajstić information content (AvgIpc) is 3.37. The fourth-order valence-electron chi connectivity index (χ4n) is 2.89. The molecule has 1 aliphatic rings. The molecular weight excluding hydrogens is 366 g/mol. The van der Waals surface area contributed by atoms with Crippen LogP contribution < -0.4 is 4.74 Å². The van der Waals surface area contributed by atoms with Crippen molar-refractivity contribution >= 4 is 23.2 Å². The third-order valence-corrected chi connectivity index (χ3v) is 4.45. The zero-order valence-corrected chi connectivity index (χ0v) is 15.0. The maximum atomic E-state index is 12.8. The number of ether oxygens (including phenoxy) is 1. The first-order valence-electron chi connectivity index (χ1n) is 8.43. The van der Waals surface area contributed by atoms with Gasteiger partial charge in [-0.05, 0) is 35.9 Å². The number of aromatic nitrogens is 1. The van der Waals surface area contributed by atoms with Gasteiger partial charge >= 0.3 is 0 Å². The molecule has 0 fully saturated rings. The van der Waals surface area contributed by atoms with Crippen molar-refractivity contribution in [1.82, 2.24) is 9.99 Å². The van der Waals surface area contributed by atoms with E-state index in [1.807, 2.05) is 18.2 Å². The molecule has 6 nitrogen and oxygen atoms in total.